The third-order valence-electron chi connectivity index (χ3n) is 2.19. The van der Waals surface area contributed by atoms with Crippen molar-refractivity contribution in [2.45, 2.75) is 6.54 Å². The number of anilines is 1. The summed E-state index contributed by atoms with van der Waals surface area (Å²) in [5, 5.41) is 2.92. The fourth-order valence-electron chi connectivity index (χ4n) is 1.33. The third kappa shape index (κ3) is 2.94. The van der Waals surface area contributed by atoms with E-state index in [0.717, 1.165) is 6.07 Å². The molecule has 94 valence electrons. The molecule has 2 aromatic rings. The lowest BCUT2D eigenvalue weighted by atomic mass is 10.2. The van der Waals surface area contributed by atoms with Crippen LogP contribution in [0, 0.1) is 11.6 Å². The van der Waals surface area contributed by atoms with Crippen molar-refractivity contribution in [3.63, 3.8) is 0 Å². The second-order valence-corrected chi connectivity index (χ2v) is 4.59. The van der Waals surface area contributed by atoms with Gasteiger partial charge in [0.25, 0.3) is 0 Å². The molecule has 0 spiro atoms. The van der Waals surface area contributed by atoms with E-state index < -0.39 is 11.6 Å². The Balaban J connectivity index is 2.16. The van der Waals surface area contributed by atoms with Crippen LogP contribution in [0.3, 0.4) is 0 Å². The van der Waals surface area contributed by atoms with Crippen molar-refractivity contribution in [3.05, 3.63) is 51.4 Å². The van der Waals surface area contributed by atoms with Crippen LogP contribution in [0.2, 0.25) is 5.28 Å². The zero-order chi connectivity index (χ0) is 13.1. The molecule has 0 radical (unpaired) electrons. The molecule has 18 heavy (non-hydrogen) atoms. The molecule has 0 bridgehead atoms. The number of aromatic nitrogens is 2. The monoisotopic (exact) mass is 333 g/mol. The largest absolute Gasteiger partial charge is 0.365 e. The standard InChI is InChI=1S/C11H7BrClF2N3/c12-7-5-17-11(13)18-10(7)16-4-6-2-1-3-8(14)9(6)15/h1-3,5H,4H2,(H,16,17,18). The smallest absolute Gasteiger partial charge is 0.224 e. The van der Waals surface area contributed by atoms with Gasteiger partial charge in [0.2, 0.25) is 5.28 Å². The summed E-state index contributed by atoms with van der Waals surface area (Å²) < 4.78 is 27.0. The Bertz CT molecular complexity index is 578. The average molecular weight is 335 g/mol. The van der Waals surface area contributed by atoms with Gasteiger partial charge in [-0.05, 0) is 33.6 Å². The van der Waals surface area contributed by atoms with Crippen molar-refractivity contribution < 1.29 is 8.78 Å². The second kappa shape index (κ2) is 5.58. The summed E-state index contributed by atoms with van der Waals surface area (Å²) in [5.74, 6) is -1.34. The molecular formula is C11H7BrClF2N3. The Labute approximate surface area is 115 Å². The minimum atomic E-state index is -0.880. The first-order valence-corrected chi connectivity index (χ1v) is 6.10. The molecule has 0 fully saturated rings. The van der Waals surface area contributed by atoms with E-state index in [-0.39, 0.29) is 17.4 Å². The Kier molecular flexibility index (Phi) is 4.08. The lowest BCUT2D eigenvalue weighted by molar-refractivity contribution is 0.500. The molecule has 0 aliphatic carbocycles. The summed E-state index contributed by atoms with van der Waals surface area (Å²) in [6, 6.07) is 4.00. The first-order chi connectivity index (χ1) is 8.58. The molecule has 3 nitrogen and oxygen atoms in total. The zero-order valence-electron chi connectivity index (χ0n) is 8.92. The molecule has 0 saturated carbocycles. The maximum atomic E-state index is 13.4. The summed E-state index contributed by atoms with van der Waals surface area (Å²) >= 11 is 8.86. The quantitative estimate of drug-likeness (QED) is 0.868. The van der Waals surface area contributed by atoms with Crippen molar-refractivity contribution >= 4 is 33.3 Å². The molecule has 0 unspecified atom stereocenters. The first kappa shape index (κ1) is 13.2. The molecule has 1 heterocycles. The van der Waals surface area contributed by atoms with Gasteiger partial charge in [0, 0.05) is 18.3 Å². The van der Waals surface area contributed by atoms with E-state index in [1.54, 1.807) is 0 Å². The molecular weight excluding hydrogens is 327 g/mol. The summed E-state index contributed by atoms with van der Waals surface area (Å²) in [4.78, 5) is 7.68. The van der Waals surface area contributed by atoms with Gasteiger partial charge < -0.3 is 5.32 Å². The van der Waals surface area contributed by atoms with E-state index in [4.69, 9.17) is 11.6 Å². The minimum Gasteiger partial charge on any atom is -0.365 e. The number of rotatable bonds is 3. The number of nitrogens with one attached hydrogen (secondary N) is 1. The van der Waals surface area contributed by atoms with E-state index >= 15 is 0 Å². The predicted molar refractivity (Wildman–Crippen MR) is 68.4 cm³/mol. The van der Waals surface area contributed by atoms with Crippen LogP contribution in [-0.4, -0.2) is 9.97 Å². The molecule has 7 heteroatoms. The van der Waals surface area contributed by atoms with Gasteiger partial charge in [0.15, 0.2) is 11.6 Å². The van der Waals surface area contributed by atoms with Crippen molar-refractivity contribution in [1.29, 1.82) is 0 Å². The van der Waals surface area contributed by atoms with Crippen molar-refractivity contribution in [2.75, 3.05) is 5.32 Å². The van der Waals surface area contributed by atoms with Crippen LogP contribution < -0.4 is 5.32 Å². The van der Waals surface area contributed by atoms with Crippen LogP contribution in [0.15, 0.2) is 28.9 Å². The predicted octanol–water partition coefficient (Wildman–Crippen LogP) is 3.78. The van der Waals surface area contributed by atoms with Gasteiger partial charge in [-0.15, -0.1) is 0 Å². The average Bonchev–Trinajstić information content (AvgIpc) is 2.35. The summed E-state index contributed by atoms with van der Waals surface area (Å²) in [6.45, 7) is 0.0928. The SMILES string of the molecule is Fc1cccc(CNc2nc(Cl)ncc2Br)c1F. The molecule has 1 N–H and O–H groups in total. The Hall–Kier alpha value is -1.27. The molecule has 1 aromatic heterocycles. The van der Waals surface area contributed by atoms with Crippen LogP contribution >= 0.6 is 27.5 Å². The maximum absolute atomic E-state index is 13.4. The van der Waals surface area contributed by atoms with Gasteiger partial charge in [-0.25, -0.2) is 13.8 Å². The Morgan fingerprint density at radius 3 is 2.89 bits per heavy atom. The van der Waals surface area contributed by atoms with Crippen LogP contribution in [0.4, 0.5) is 14.6 Å². The first-order valence-electron chi connectivity index (χ1n) is 4.92. The molecule has 0 saturated heterocycles. The topological polar surface area (TPSA) is 37.8 Å². The van der Waals surface area contributed by atoms with Gasteiger partial charge in [-0.2, -0.15) is 4.98 Å². The van der Waals surface area contributed by atoms with Gasteiger partial charge in [0.1, 0.15) is 5.82 Å². The second-order valence-electron chi connectivity index (χ2n) is 3.40. The Morgan fingerprint density at radius 2 is 2.11 bits per heavy atom. The fourth-order valence-corrected chi connectivity index (χ4v) is 1.80. The van der Waals surface area contributed by atoms with Crippen LogP contribution in [0.1, 0.15) is 5.56 Å². The molecule has 0 amide bonds. The summed E-state index contributed by atoms with van der Waals surface area (Å²) in [6.07, 6.45) is 1.47. The molecule has 0 aliphatic heterocycles. The van der Waals surface area contributed by atoms with Gasteiger partial charge in [0.05, 0.1) is 4.47 Å². The van der Waals surface area contributed by atoms with Crippen LogP contribution in [0.25, 0.3) is 0 Å². The van der Waals surface area contributed by atoms with Crippen molar-refractivity contribution in [2.24, 2.45) is 0 Å². The number of hydrogen-bond donors (Lipinski definition) is 1. The highest BCUT2D eigenvalue weighted by molar-refractivity contribution is 9.10. The molecule has 1 aromatic carbocycles. The lowest BCUT2D eigenvalue weighted by Gasteiger charge is -2.08. The molecule has 2 rings (SSSR count). The molecule has 0 atom stereocenters. The lowest BCUT2D eigenvalue weighted by Crippen LogP contribution is -2.05. The number of halogens is 4. The van der Waals surface area contributed by atoms with Crippen molar-refractivity contribution in [1.82, 2.24) is 9.97 Å². The van der Waals surface area contributed by atoms with E-state index in [2.05, 4.69) is 31.2 Å². The van der Waals surface area contributed by atoms with E-state index in [9.17, 15) is 8.78 Å². The third-order valence-corrected chi connectivity index (χ3v) is 2.95. The minimum absolute atomic E-state index is 0.0698. The summed E-state index contributed by atoms with van der Waals surface area (Å²) in [5.41, 5.74) is 0.205. The van der Waals surface area contributed by atoms with Crippen molar-refractivity contribution in [3.8, 4) is 0 Å². The number of nitrogens with zero attached hydrogens (tertiary/aromatic N) is 2. The number of benzene rings is 1. The summed E-state index contributed by atoms with van der Waals surface area (Å²) in [7, 11) is 0. The van der Waals surface area contributed by atoms with E-state index in [1.165, 1.54) is 18.3 Å². The van der Waals surface area contributed by atoms with Crippen LogP contribution in [0.5, 0.6) is 0 Å². The van der Waals surface area contributed by atoms with E-state index in [0.29, 0.717) is 10.3 Å². The van der Waals surface area contributed by atoms with E-state index in [1.807, 2.05) is 0 Å². The highest BCUT2D eigenvalue weighted by Crippen LogP contribution is 2.21. The normalized spacial score (nSPS) is 10.4. The van der Waals surface area contributed by atoms with Crippen LogP contribution in [-0.2, 0) is 6.54 Å². The van der Waals surface area contributed by atoms with Gasteiger partial charge in [-0.3, -0.25) is 0 Å². The zero-order valence-corrected chi connectivity index (χ0v) is 11.3. The Morgan fingerprint density at radius 1 is 1.33 bits per heavy atom. The highest BCUT2D eigenvalue weighted by Gasteiger charge is 2.09. The van der Waals surface area contributed by atoms with Gasteiger partial charge in [-0.1, -0.05) is 12.1 Å². The fraction of sp³-hybridized carbons (Fsp3) is 0.0909. The van der Waals surface area contributed by atoms with Gasteiger partial charge >= 0.3 is 0 Å². The maximum Gasteiger partial charge on any atom is 0.224 e. The molecule has 0 aliphatic rings. The number of hydrogen-bond acceptors (Lipinski definition) is 3. The highest BCUT2D eigenvalue weighted by atomic mass is 79.9.